The molecular weight excluding hydrogens is 278 g/mol. The number of aromatic nitrogens is 2. The van der Waals surface area contributed by atoms with Crippen molar-refractivity contribution in [2.75, 3.05) is 18.8 Å². The molecule has 7 nitrogen and oxygen atoms in total. The van der Waals surface area contributed by atoms with Crippen molar-refractivity contribution in [2.45, 2.75) is 13.3 Å². The zero-order valence-corrected chi connectivity index (χ0v) is 11.8. The summed E-state index contributed by atoms with van der Waals surface area (Å²) in [6.45, 7) is 2.68. The smallest absolute Gasteiger partial charge is 0.263 e. The van der Waals surface area contributed by atoms with E-state index in [0.717, 1.165) is 0 Å². The number of anilines is 1. The minimum absolute atomic E-state index is 0.0968. The van der Waals surface area contributed by atoms with E-state index in [1.54, 1.807) is 6.20 Å². The molecule has 0 saturated carbocycles. The van der Waals surface area contributed by atoms with Crippen molar-refractivity contribution in [3.05, 3.63) is 17.3 Å². The second kappa shape index (κ2) is 6.29. The van der Waals surface area contributed by atoms with Crippen LogP contribution >= 0.6 is 11.3 Å². The molecule has 4 N–H and O–H groups in total. The molecule has 2 aromatic heterocycles. The van der Waals surface area contributed by atoms with Gasteiger partial charge in [0.05, 0.1) is 5.69 Å². The van der Waals surface area contributed by atoms with Crippen molar-refractivity contribution < 1.29 is 9.59 Å². The second-order valence-corrected chi connectivity index (χ2v) is 5.01. The number of nitrogens with zero attached hydrogens (tertiary/aromatic N) is 2. The maximum Gasteiger partial charge on any atom is 0.263 e. The molecule has 2 rings (SSSR count). The van der Waals surface area contributed by atoms with Crippen molar-refractivity contribution in [3.63, 3.8) is 0 Å². The van der Waals surface area contributed by atoms with Gasteiger partial charge >= 0.3 is 0 Å². The van der Waals surface area contributed by atoms with Gasteiger partial charge in [-0.2, -0.15) is 0 Å². The fraction of sp³-hybridized carbons (Fsp3) is 0.333. The predicted octanol–water partition coefficient (Wildman–Crippen LogP) is 0.529. The Bertz CT molecular complexity index is 640. The molecule has 0 saturated heterocycles. The molecule has 2 heterocycles. The first-order valence-corrected chi connectivity index (χ1v) is 6.99. The number of fused-ring (bicyclic) bond motifs is 1. The largest absolute Gasteiger partial charge is 0.396 e. The molecule has 0 aliphatic heterocycles. The molecule has 20 heavy (non-hydrogen) atoms. The van der Waals surface area contributed by atoms with E-state index in [0.29, 0.717) is 27.5 Å². The summed E-state index contributed by atoms with van der Waals surface area (Å²) in [5.74, 6) is -0.406. The molecule has 0 fully saturated rings. The molecule has 0 unspecified atom stereocenters. The first-order chi connectivity index (χ1) is 9.63. The summed E-state index contributed by atoms with van der Waals surface area (Å²) in [6, 6.07) is 0. The van der Waals surface area contributed by atoms with Crippen LogP contribution in [0, 0.1) is 0 Å². The quantitative estimate of drug-likeness (QED) is 0.745. The monoisotopic (exact) mass is 293 g/mol. The number of nitrogen functional groups attached to an aromatic ring is 1. The van der Waals surface area contributed by atoms with Gasteiger partial charge in [0.15, 0.2) is 0 Å². The average Bonchev–Trinajstić information content (AvgIpc) is 2.77. The van der Waals surface area contributed by atoms with E-state index >= 15 is 0 Å². The molecule has 0 bridgehead atoms. The molecular formula is C12H15N5O2S. The standard InChI is InChI=1S/C12H15N5O2S/c1-2-14-7(18)3-4-16-11(19)10-8(13)9-12(20-10)17-6-5-15-9/h5-6H,2-4,13H2,1H3,(H,14,18)(H,16,19). The van der Waals surface area contributed by atoms with Crippen LogP contribution < -0.4 is 16.4 Å². The van der Waals surface area contributed by atoms with Crippen LogP contribution in [0.4, 0.5) is 5.69 Å². The summed E-state index contributed by atoms with van der Waals surface area (Å²) in [4.78, 5) is 32.5. The van der Waals surface area contributed by atoms with Gasteiger partial charge in [-0.25, -0.2) is 9.97 Å². The summed E-state index contributed by atoms with van der Waals surface area (Å²) >= 11 is 1.19. The number of carbonyl (C=O) groups is 2. The van der Waals surface area contributed by atoms with E-state index < -0.39 is 0 Å². The Balaban J connectivity index is 2.01. The van der Waals surface area contributed by atoms with Crippen LogP contribution in [0.15, 0.2) is 12.4 Å². The number of nitrogens with two attached hydrogens (primary N) is 1. The normalized spacial score (nSPS) is 10.4. The van der Waals surface area contributed by atoms with E-state index in [9.17, 15) is 9.59 Å². The van der Waals surface area contributed by atoms with Crippen LogP contribution in [0.3, 0.4) is 0 Å². The third-order valence-corrected chi connectivity index (χ3v) is 3.68. The number of carbonyl (C=O) groups excluding carboxylic acids is 2. The number of thiophene rings is 1. The van der Waals surface area contributed by atoms with Gasteiger partial charge < -0.3 is 16.4 Å². The lowest BCUT2D eigenvalue weighted by Crippen LogP contribution is -2.30. The summed E-state index contributed by atoms with van der Waals surface area (Å²) in [5, 5.41) is 5.32. The Morgan fingerprint density at radius 2 is 2.05 bits per heavy atom. The van der Waals surface area contributed by atoms with Gasteiger partial charge in [-0.05, 0) is 6.92 Å². The van der Waals surface area contributed by atoms with Crippen molar-refractivity contribution in [1.82, 2.24) is 20.6 Å². The van der Waals surface area contributed by atoms with Gasteiger partial charge in [0.25, 0.3) is 5.91 Å². The minimum atomic E-state index is -0.309. The van der Waals surface area contributed by atoms with Gasteiger partial charge in [-0.15, -0.1) is 11.3 Å². The summed E-state index contributed by atoms with van der Waals surface area (Å²) in [7, 11) is 0. The van der Waals surface area contributed by atoms with Crippen LogP contribution in [0.1, 0.15) is 23.0 Å². The molecule has 0 spiro atoms. The molecule has 0 atom stereocenters. The first kappa shape index (κ1) is 14.2. The van der Waals surface area contributed by atoms with Crippen LogP contribution in [0.2, 0.25) is 0 Å². The van der Waals surface area contributed by atoms with E-state index in [-0.39, 0.29) is 24.8 Å². The Labute approximate surface area is 119 Å². The highest BCUT2D eigenvalue weighted by Gasteiger charge is 2.17. The van der Waals surface area contributed by atoms with Crippen LogP contribution in [0.25, 0.3) is 10.3 Å². The lowest BCUT2D eigenvalue weighted by molar-refractivity contribution is -0.120. The van der Waals surface area contributed by atoms with Crippen molar-refractivity contribution in [2.24, 2.45) is 0 Å². The fourth-order valence-corrected chi connectivity index (χ4v) is 2.61. The van der Waals surface area contributed by atoms with Gasteiger partial charge in [0.2, 0.25) is 5.91 Å². The van der Waals surface area contributed by atoms with E-state index in [1.807, 2.05) is 6.92 Å². The van der Waals surface area contributed by atoms with Crippen molar-refractivity contribution in [3.8, 4) is 0 Å². The van der Waals surface area contributed by atoms with Crippen molar-refractivity contribution in [1.29, 1.82) is 0 Å². The van der Waals surface area contributed by atoms with E-state index in [4.69, 9.17) is 5.73 Å². The second-order valence-electron chi connectivity index (χ2n) is 4.01. The molecule has 2 aromatic rings. The highest BCUT2D eigenvalue weighted by atomic mass is 32.1. The van der Waals surface area contributed by atoms with Crippen LogP contribution in [0.5, 0.6) is 0 Å². The molecule has 0 radical (unpaired) electrons. The maximum atomic E-state index is 12.0. The van der Waals surface area contributed by atoms with Crippen LogP contribution in [-0.4, -0.2) is 34.9 Å². The molecule has 0 aliphatic carbocycles. The molecule has 8 heteroatoms. The number of hydrogen-bond acceptors (Lipinski definition) is 6. The molecule has 2 amide bonds. The van der Waals surface area contributed by atoms with Gasteiger partial charge in [-0.3, -0.25) is 9.59 Å². The molecule has 0 aliphatic rings. The summed E-state index contributed by atoms with van der Waals surface area (Å²) in [5.41, 5.74) is 6.75. The van der Waals surface area contributed by atoms with E-state index in [2.05, 4.69) is 20.6 Å². The number of rotatable bonds is 5. The summed E-state index contributed by atoms with van der Waals surface area (Å²) < 4.78 is 0. The lowest BCUT2D eigenvalue weighted by Gasteiger charge is -2.04. The Morgan fingerprint density at radius 3 is 2.75 bits per heavy atom. The fourth-order valence-electron chi connectivity index (χ4n) is 1.67. The highest BCUT2D eigenvalue weighted by molar-refractivity contribution is 7.21. The zero-order chi connectivity index (χ0) is 14.5. The summed E-state index contributed by atoms with van der Waals surface area (Å²) in [6.07, 6.45) is 3.32. The zero-order valence-electron chi connectivity index (χ0n) is 11.0. The third-order valence-electron chi connectivity index (χ3n) is 2.58. The highest BCUT2D eigenvalue weighted by Crippen LogP contribution is 2.30. The van der Waals surface area contributed by atoms with Gasteiger partial charge in [-0.1, -0.05) is 0 Å². The first-order valence-electron chi connectivity index (χ1n) is 6.17. The topological polar surface area (TPSA) is 110 Å². The number of hydrogen-bond donors (Lipinski definition) is 3. The van der Waals surface area contributed by atoms with Gasteiger partial charge in [0.1, 0.15) is 15.2 Å². The molecule has 106 valence electrons. The van der Waals surface area contributed by atoms with Crippen LogP contribution in [-0.2, 0) is 4.79 Å². The van der Waals surface area contributed by atoms with Gasteiger partial charge in [0, 0.05) is 31.9 Å². The Hall–Kier alpha value is -2.22. The lowest BCUT2D eigenvalue weighted by atomic mass is 10.3. The maximum absolute atomic E-state index is 12.0. The Kier molecular flexibility index (Phi) is 4.46. The average molecular weight is 293 g/mol. The minimum Gasteiger partial charge on any atom is -0.396 e. The molecule has 0 aromatic carbocycles. The number of amides is 2. The SMILES string of the molecule is CCNC(=O)CCNC(=O)c1sc2nccnc2c1N. The number of nitrogens with one attached hydrogen (secondary N) is 2. The predicted molar refractivity (Wildman–Crippen MR) is 77.5 cm³/mol. The Morgan fingerprint density at radius 1 is 1.30 bits per heavy atom. The van der Waals surface area contributed by atoms with E-state index in [1.165, 1.54) is 17.5 Å². The third kappa shape index (κ3) is 3.02. The van der Waals surface area contributed by atoms with Crippen molar-refractivity contribution >= 4 is 39.2 Å².